The summed E-state index contributed by atoms with van der Waals surface area (Å²) in [5.74, 6) is 0.0132. The number of aromatic nitrogens is 1. The Morgan fingerprint density at radius 1 is 1.04 bits per heavy atom. The van der Waals surface area contributed by atoms with Crippen molar-refractivity contribution < 1.29 is 14.3 Å². The van der Waals surface area contributed by atoms with Crippen molar-refractivity contribution in [3.63, 3.8) is 0 Å². The van der Waals surface area contributed by atoms with Gasteiger partial charge in [-0.2, -0.15) is 0 Å². The molecule has 27 heavy (non-hydrogen) atoms. The Morgan fingerprint density at radius 3 is 2.41 bits per heavy atom. The fourth-order valence-electron chi connectivity index (χ4n) is 3.40. The van der Waals surface area contributed by atoms with Crippen molar-refractivity contribution in [2.24, 2.45) is 5.73 Å². The van der Waals surface area contributed by atoms with Crippen molar-refractivity contribution in [1.82, 2.24) is 9.88 Å². The Hall–Kier alpha value is -3.25. The Kier molecular flexibility index (Phi) is 4.33. The molecule has 6 nitrogen and oxygen atoms in total. The molecule has 0 radical (unpaired) electrons. The van der Waals surface area contributed by atoms with E-state index in [-0.39, 0.29) is 24.4 Å². The molecule has 0 saturated carbocycles. The number of ether oxygens (including phenoxy) is 1. The van der Waals surface area contributed by atoms with Crippen LogP contribution in [0.2, 0.25) is 0 Å². The zero-order chi connectivity index (χ0) is 19.0. The van der Waals surface area contributed by atoms with Gasteiger partial charge in [0.05, 0.1) is 23.8 Å². The molecule has 2 N–H and O–H groups in total. The number of carbonyl (C=O) groups excluding carboxylic acids is 2. The minimum Gasteiger partial charge on any atom is -0.481 e. The fraction of sp³-hybridized carbons (Fsp3) is 0.190. The number of benzene rings is 2. The molecule has 0 fully saturated rings. The van der Waals surface area contributed by atoms with Crippen molar-refractivity contribution >= 4 is 22.7 Å². The number of hydrogen-bond donors (Lipinski definition) is 1. The average Bonchev–Trinajstić information content (AvgIpc) is 2.92. The van der Waals surface area contributed by atoms with Crippen LogP contribution in [0.5, 0.6) is 5.88 Å². The molecule has 1 atom stereocenters. The summed E-state index contributed by atoms with van der Waals surface area (Å²) in [5.41, 5.74) is 9.01. The van der Waals surface area contributed by atoms with Crippen LogP contribution in [-0.4, -0.2) is 41.4 Å². The third-order valence-corrected chi connectivity index (χ3v) is 4.73. The molecular weight excluding hydrogens is 342 g/mol. The molecule has 4 rings (SSSR count). The van der Waals surface area contributed by atoms with Crippen LogP contribution in [0.3, 0.4) is 0 Å². The van der Waals surface area contributed by atoms with E-state index in [0.717, 1.165) is 16.5 Å². The van der Waals surface area contributed by atoms with Gasteiger partial charge in [0.15, 0.2) is 0 Å². The Morgan fingerprint density at radius 2 is 1.74 bits per heavy atom. The van der Waals surface area contributed by atoms with Crippen molar-refractivity contribution in [3.8, 4) is 5.88 Å². The van der Waals surface area contributed by atoms with E-state index in [1.807, 2.05) is 30.3 Å². The third-order valence-electron chi connectivity index (χ3n) is 4.73. The number of rotatable bonds is 5. The van der Waals surface area contributed by atoms with E-state index in [4.69, 9.17) is 10.5 Å². The van der Waals surface area contributed by atoms with E-state index >= 15 is 0 Å². The summed E-state index contributed by atoms with van der Waals surface area (Å²) in [6, 6.07) is 16.2. The second-order valence-corrected chi connectivity index (χ2v) is 6.61. The lowest BCUT2D eigenvalue weighted by molar-refractivity contribution is 0.0644. The number of amides is 2. The van der Waals surface area contributed by atoms with Crippen molar-refractivity contribution in [1.29, 1.82) is 0 Å². The Bertz CT molecular complexity index is 1010. The molecule has 0 aliphatic carbocycles. The summed E-state index contributed by atoms with van der Waals surface area (Å²) in [5, 5.41) is 0.987. The van der Waals surface area contributed by atoms with Gasteiger partial charge < -0.3 is 10.5 Å². The first-order chi connectivity index (χ1) is 13.1. The van der Waals surface area contributed by atoms with Crippen LogP contribution in [0, 0.1) is 0 Å². The van der Waals surface area contributed by atoms with Gasteiger partial charge in [0.2, 0.25) is 5.88 Å². The molecule has 0 spiro atoms. The quantitative estimate of drug-likeness (QED) is 0.706. The Labute approximate surface area is 156 Å². The number of fused-ring (bicyclic) bond motifs is 2. The highest BCUT2D eigenvalue weighted by Crippen LogP contribution is 2.23. The largest absolute Gasteiger partial charge is 0.481 e. The van der Waals surface area contributed by atoms with Crippen molar-refractivity contribution in [3.05, 3.63) is 71.3 Å². The van der Waals surface area contributed by atoms with Gasteiger partial charge in [-0.1, -0.05) is 18.2 Å². The smallest absolute Gasteiger partial charge is 0.261 e. The number of imide groups is 1. The molecule has 0 saturated heterocycles. The monoisotopic (exact) mass is 361 g/mol. The first-order valence-corrected chi connectivity index (χ1v) is 8.71. The maximum Gasteiger partial charge on any atom is 0.261 e. The van der Waals surface area contributed by atoms with Crippen LogP contribution < -0.4 is 10.5 Å². The van der Waals surface area contributed by atoms with Gasteiger partial charge in [-0.15, -0.1) is 0 Å². The van der Waals surface area contributed by atoms with Gasteiger partial charge in [0, 0.05) is 24.0 Å². The highest BCUT2D eigenvalue weighted by Gasteiger charge is 2.35. The number of nitrogens with zero attached hydrogens (tertiary/aromatic N) is 2. The van der Waals surface area contributed by atoms with Crippen LogP contribution in [0.1, 0.15) is 26.3 Å². The maximum absolute atomic E-state index is 12.5. The standard InChI is InChI=1S/C21H19N3O3/c1-27-19-9-7-14-10-13(6-8-18(14)23-19)11-15(22)12-24-20(25)16-4-2-3-5-17(16)21(24)26/h2-10,15H,11-12,22H2,1H3/t15-/m0/s1. The van der Waals surface area contributed by atoms with Gasteiger partial charge in [0.25, 0.3) is 11.8 Å². The van der Waals surface area contributed by atoms with E-state index in [1.165, 1.54) is 4.90 Å². The highest BCUT2D eigenvalue weighted by molar-refractivity contribution is 6.21. The summed E-state index contributed by atoms with van der Waals surface area (Å²) >= 11 is 0. The van der Waals surface area contributed by atoms with Gasteiger partial charge in [-0.3, -0.25) is 14.5 Å². The molecule has 3 aromatic rings. The molecule has 2 heterocycles. The number of methoxy groups -OCH3 is 1. The topological polar surface area (TPSA) is 85.5 Å². The van der Waals surface area contributed by atoms with Gasteiger partial charge >= 0.3 is 0 Å². The summed E-state index contributed by atoms with van der Waals surface area (Å²) < 4.78 is 5.14. The van der Waals surface area contributed by atoms with E-state index in [2.05, 4.69) is 4.98 Å². The highest BCUT2D eigenvalue weighted by atomic mass is 16.5. The van der Waals surface area contributed by atoms with Gasteiger partial charge in [-0.25, -0.2) is 4.98 Å². The van der Waals surface area contributed by atoms with Crippen LogP contribution >= 0.6 is 0 Å². The molecule has 2 aromatic carbocycles. The van der Waals surface area contributed by atoms with E-state index in [9.17, 15) is 9.59 Å². The molecule has 1 aliphatic heterocycles. The van der Waals surface area contributed by atoms with Crippen molar-refractivity contribution in [2.45, 2.75) is 12.5 Å². The molecule has 2 amide bonds. The third kappa shape index (κ3) is 3.15. The molecule has 6 heteroatoms. The summed E-state index contributed by atoms with van der Waals surface area (Å²) in [6.45, 7) is 0.186. The van der Waals surface area contributed by atoms with E-state index in [0.29, 0.717) is 23.4 Å². The minimum absolute atomic E-state index is 0.186. The molecule has 1 aromatic heterocycles. The lowest BCUT2D eigenvalue weighted by atomic mass is 10.0. The summed E-state index contributed by atoms with van der Waals surface area (Å²) in [4.78, 5) is 30.5. The van der Waals surface area contributed by atoms with E-state index < -0.39 is 0 Å². The van der Waals surface area contributed by atoms with Crippen LogP contribution in [0.15, 0.2) is 54.6 Å². The molecule has 136 valence electrons. The second-order valence-electron chi connectivity index (χ2n) is 6.61. The molecule has 1 aliphatic rings. The predicted octanol–water partition coefficient (Wildman–Crippen LogP) is 2.41. The van der Waals surface area contributed by atoms with Crippen molar-refractivity contribution in [2.75, 3.05) is 13.7 Å². The van der Waals surface area contributed by atoms with Crippen LogP contribution in [0.4, 0.5) is 0 Å². The molecule has 0 bridgehead atoms. The number of hydrogen-bond acceptors (Lipinski definition) is 5. The first kappa shape index (κ1) is 17.2. The van der Waals surface area contributed by atoms with Crippen LogP contribution in [-0.2, 0) is 6.42 Å². The zero-order valence-corrected chi connectivity index (χ0v) is 14.9. The van der Waals surface area contributed by atoms with Gasteiger partial charge in [0.1, 0.15) is 0 Å². The lowest BCUT2D eigenvalue weighted by Gasteiger charge is -2.19. The van der Waals surface area contributed by atoms with Crippen LogP contribution in [0.25, 0.3) is 10.9 Å². The number of pyridine rings is 1. The lowest BCUT2D eigenvalue weighted by Crippen LogP contribution is -2.41. The Balaban J connectivity index is 1.48. The minimum atomic E-state index is -0.351. The zero-order valence-electron chi connectivity index (χ0n) is 14.9. The predicted molar refractivity (Wildman–Crippen MR) is 102 cm³/mol. The first-order valence-electron chi connectivity index (χ1n) is 8.71. The maximum atomic E-state index is 12.5. The molecule has 0 unspecified atom stereocenters. The SMILES string of the molecule is COc1ccc2cc(C[C@H](N)CN3C(=O)c4ccccc4C3=O)ccc2n1. The van der Waals surface area contributed by atoms with Gasteiger partial charge in [-0.05, 0) is 42.3 Å². The number of carbonyl (C=O) groups is 2. The summed E-state index contributed by atoms with van der Waals surface area (Å²) in [7, 11) is 1.58. The van der Waals surface area contributed by atoms with E-state index in [1.54, 1.807) is 31.4 Å². The fourth-order valence-corrected chi connectivity index (χ4v) is 3.40. The molecular formula is C21H19N3O3. The second kappa shape index (κ2) is 6.81. The normalized spacial score (nSPS) is 14.5. The summed E-state index contributed by atoms with van der Waals surface area (Å²) in [6.07, 6.45) is 0.551. The average molecular weight is 361 g/mol. The number of nitrogens with two attached hydrogens (primary N) is 1.